The maximum absolute atomic E-state index is 12.6. The average Bonchev–Trinajstić information content (AvgIpc) is 2.61. The molecule has 0 unspecified atom stereocenters. The van der Waals surface area contributed by atoms with Crippen LogP contribution in [0.15, 0.2) is 64.9 Å². The Labute approximate surface area is 157 Å². The van der Waals surface area contributed by atoms with Gasteiger partial charge in [-0.05, 0) is 54.6 Å². The summed E-state index contributed by atoms with van der Waals surface area (Å²) in [6.07, 6.45) is 1.44. The van der Waals surface area contributed by atoms with Crippen molar-refractivity contribution >= 4 is 29.3 Å². The van der Waals surface area contributed by atoms with Gasteiger partial charge in [-0.2, -0.15) is 5.26 Å². The summed E-state index contributed by atoms with van der Waals surface area (Å²) in [5.74, 6) is -0.0350. The molecule has 0 spiro atoms. The number of rotatable bonds is 6. The molecule has 0 saturated carbocycles. The second-order valence-corrected chi connectivity index (χ2v) is 7.42. The van der Waals surface area contributed by atoms with Crippen molar-refractivity contribution in [2.75, 3.05) is 0 Å². The highest BCUT2D eigenvalue weighted by Gasteiger charge is 2.29. The van der Waals surface area contributed by atoms with E-state index in [1.165, 1.54) is 17.8 Å². The molecule has 0 heterocycles. The highest BCUT2D eigenvalue weighted by molar-refractivity contribution is 8.02. The third kappa shape index (κ3) is 5.38. The smallest absolute Gasteiger partial charge is 0.230 e. The van der Waals surface area contributed by atoms with Gasteiger partial charge in [-0.25, -0.2) is 0 Å². The fourth-order valence-electron chi connectivity index (χ4n) is 2.23. The quantitative estimate of drug-likeness (QED) is 0.571. The van der Waals surface area contributed by atoms with Crippen LogP contribution in [0.5, 0.6) is 0 Å². The SMILES string of the molecule is CC(C)(C(=O)NCc1ccc(Cl)cc1)c1ccc(S/C=C/C#N)cc1. The highest BCUT2D eigenvalue weighted by Crippen LogP contribution is 2.27. The van der Waals surface area contributed by atoms with Crippen LogP contribution in [0.1, 0.15) is 25.0 Å². The fraction of sp³-hybridized carbons (Fsp3) is 0.200. The van der Waals surface area contributed by atoms with E-state index >= 15 is 0 Å². The molecule has 1 N–H and O–H groups in total. The van der Waals surface area contributed by atoms with Crippen molar-refractivity contribution in [3.8, 4) is 6.07 Å². The lowest BCUT2D eigenvalue weighted by atomic mass is 9.83. The number of carbonyl (C=O) groups excluding carboxylic acids is 1. The van der Waals surface area contributed by atoms with Crippen molar-refractivity contribution in [1.82, 2.24) is 5.32 Å². The normalized spacial score (nSPS) is 11.3. The molecule has 2 rings (SSSR count). The first-order valence-corrected chi connectivity index (χ1v) is 9.04. The van der Waals surface area contributed by atoms with Crippen molar-refractivity contribution in [1.29, 1.82) is 5.26 Å². The van der Waals surface area contributed by atoms with Crippen LogP contribution in [0, 0.1) is 11.3 Å². The molecule has 0 aliphatic carbocycles. The zero-order valence-electron chi connectivity index (χ0n) is 14.1. The summed E-state index contributed by atoms with van der Waals surface area (Å²) in [7, 11) is 0. The Morgan fingerprint density at radius 1 is 1.20 bits per heavy atom. The highest BCUT2D eigenvalue weighted by atomic mass is 35.5. The Morgan fingerprint density at radius 3 is 2.44 bits per heavy atom. The van der Waals surface area contributed by atoms with Gasteiger partial charge in [-0.3, -0.25) is 4.79 Å². The van der Waals surface area contributed by atoms with Crippen molar-refractivity contribution in [3.05, 3.63) is 76.2 Å². The molecule has 0 bridgehead atoms. The summed E-state index contributed by atoms with van der Waals surface area (Å²) in [4.78, 5) is 13.6. The maximum atomic E-state index is 12.6. The number of hydrogen-bond donors (Lipinski definition) is 1. The van der Waals surface area contributed by atoms with Crippen LogP contribution in [0.25, 0.3) is 0 Å². The molecule has 2 aromatic rings. The summed E-state index contributed by atoms with van der Waals surface area (Å²) in [6, 6.07) is 17.2. The summed E-state index contributed by atoms with van der Waals surface area (Å²) >= 11 is 7.34. The minimum atomic E-state index is -0.641. The number of amides is 1. The number of nitrogens with zero attached hydrogens (tertiary/aromatic N) is 1. The van der Waals surface area contributed by atoms with E-state index in [1.54, 1.807) is 5.41 Å². The van der Waals surface area contributed by atoms with E-state index in [1.807, 2.05) is 68.4 Å². The number of benzene rings is 2. The van der Waals surface area contributed by atoms with Crippen LogP contribution >= 0.6 is 23.4 Å². The molecule has 0 saturated heterocycles. The Hall–Kier alpha value is -2.22. The first-order chi connectivity index (χ1) is 11.9. The lowest BCUT2D eigenvalue weighted by molar-refractivity contribution is -0.125. The zero-order valence-corrected chi connectivity index (χ0v) is 15.7. The summed E-state index contributed by atoms with van der Waals surface area (Å²) in [5, 5.41) is 13.9. The molecule has 3 nitrogen and oxygen atoms in total. The van der Waals surface area contributed by atoms with Crippen LogP contribution in [0.4, 0.5) is 0 Å². The number of hydrogen-bond acceptors (Lipinski definition) is 3. The van der Waals surface area contributed by atoms with Gasteiger partial charge in [-0.15, -0.1) is 0 Å². The zero-order chi connectivity index (χ0) is 18.3. The van der Waals surface area contributed by atoms with Gasteiger partial charge in [0.05, 0.1) is 11.5 Å². The van der Waals surface area contributed by atoms with E-state index in [-0.39, 0.29) is 5.91 Å². The molecule has 0 radical (unpaired) electrons. The van der Waals surface area contributed by atoms with Crippen molar-refractivity contribution in [2.24, 2.45) is 0 Å². The Kier molecular flexibility index (Phi) is 6.69. The second-order valence-electron chi connectivity index (χ2n) is 6.01. The molecule has 0 fully saturated rings. The van der Waals surface area contributed by atoms with Crippen LogP contribution < -0.4 is 5.32 Å². The third-order valence-electron chi connectivity index (χ3n) is 3.86. The van der Waals surface area contributed by atoms with Gasteiger partial charge in [-0.1, -0.05) is 47.6 Å². The number of carbonyl (C=O) groups is 1. The number of nitriles is 1. The molecule has 0 atom stereocenters. The monoisotopic (exact) mass is 370 g/mol. The number of halogens is 1. The van der Waals surface area contributed by atoms with E-state index in [0.717, 1.165) is 16.0 Å². The third-order valence-corrected chi connectivity index (χ3v) is 4.93. The van der Waals surface area contributed by atoms with E-state index < -0.39 is 5.41 Å². The first-order valence-electron chi connectivity index (χ1n) is 7.78. The van der Waals surface area contributed by atoms with E-state index in [0.29, 0.717) is 11.6 Å². The standard InChI is InChI=1S/C20H19ClN2OS/c1-20(2,16-6-10-18(11-7-16)25-13-3-12-22)19(24)23-14-15-4-8-17(21)9-5-15/h3-11,13H,14H2,1-2H3,(H,23,24)/b13-3+. The predicted octanol–water partition coefficient (Wildman–Crippen LogP) is 5.06. The van der Waals surface area contributed by atoms with Crippen LogP contribution in [-0.4, -0.2) is 5.91 Å². The van der Waals surface area contributed by atoms with Crippen LogP contribution in [-0.2, 0) is 16.8 Å². The molecule has 2 aromatic carbocycles. The minimum absolute atomic E-state index is 0.0350. The van der Waals surface area contributed by atoms with Gasteiger partial charge >= 0.3 is 0 Å². The van der Waals surface area contributed by atoms with Gasteiger partial charge in [0.25, 0.3) is 0 Å². The topological polar surface area (TPSA) is 52.9 Å². The van der Waals surface area contributed by atoms with Crippen molar-refractivity contribution in [3.63, 3.8) is 0 Å². The van der Waals surface area contributed by atoms with Crippen molar-refractivity contribution < 1.29 is 4.79 Å². The number of thioether (sulfide) groups is 1. The van der Waals surface area contributed by atoms with Gasteiger partial charge in [0, 0.05) is 22.5 Å². The van der Waals surface area contributed by atoms with E-state index in [4.69, 9.17) is 16.9 Å². The summed E-state index contributed by atoms with van der Waals surface area (Å²) in [6.45, 7) is 4.27. The van der Waals surface area contributed by atoms with Crippen LogP contribution in [0.3, 0.4) is 0 Å². The molecule has 128 valence electrons. The average molecular weight is 371 g/mol. The Morgan fingerprint density at radius 2 is 1.84 bits per heavy atom. The Bertz CT molecular complexity index is 790. The fourth-order valence-corrected chi connectivity index (χ4v) is 2.94. The molecule has 0 aliphatic heterocycles. The summed E-state index contributed by atoms with van der Waals surface area (Å²) in [5.41, 5.74) is 1.30. The lowest BCUT2D eigenvalue weighted by Gasteiger charge is -2.24. The largest absolute Gasteiger partial charge is 0.351 e. The molecule has 0 aliphatic rings. The second kappa shape index (κ2) is 8.75. The predicted molar refractivity (Wildman–Crippen MR) is 103 cm³/mol. The van der Waals surface area contributed by atoms with Crippen molar-refractivity contribution in [2.45, 2.75) is 30.7 Å². The van der Waals surface area contributed by atoms with E-state index in [9.17, 15) is 4.79 Å². The molecule has 0 aromatic heterocycles. The van der Waals surface area contributed by atoms with Gasteiger partial charge < -0.3 is 5.32 Å². The molecule has 5 heteroatoms. The first kappa shape index (κ1) is 19.1. The van der Waals surface area contributed by atoms with Gasteiger partial charge in [0.1, 0.15) is 0 Å². The number of allylic oxidation sites excluding steroid dienone is 1. The molecule has 1 amide bonds. The maximum Gasteiger partial charge on any atom is 0.230 e. The van der Waals surface area contributed by atoms with Crippen LogP contribution in [0.2, 0.25) is 5.02 Å². The Balaban J connectivity index is 2.01. The minimum Gasteiger partial charge on any atom is -0.351 e. The molecular formula is C20H19ClN2OS. The molecular weight excluding hydrogens is 352 g/mol. The number of nitrogens with one attached hydrogen (secondary N) is 1. The lowest BCUT2D eigenvalue weighted by Crippen LogP contribution is -2.39. The van der Waals surface area contributed by atoms with E-state index in [2.05, 4.69) is 5.32 Å². The van der Waals surface area contributed by atoms with Gasteiger partial charge in [0.15, 0.2) is 0 Å². The van der Waals surface area contributed by atoms with Gasteiger partial charge in [0.2, 0.25) is 5.91 Å². The molecule has 25 heavy (non-hydrogen) atoms. The summed E-state index contributed by atoms with van der Waals surface area (Å²) < 4.78 is 0.